The molecule has 0 unspecified atom stereocenters. The average Bonchev–Trinajstić information content (AvgIpc) is 2.95. The summed E-state index contributed by atoms with van der Waals surface area (Å²) in [5.41, 5.74) is 5.12. The lowest BCUT2D eigenvalue weighted by Crippen LogP contribution is -2.25. The van der Waals surface area contributed by atoms with E-state index in [0.29, 0.717) is 5.69 Å². The molecule has 3 aromatic rings. The first kappa shape index (κ1) is 14.2. The van der Waals surface area contributed by atoms with Crippen LogP contribution in [0.4, 0.5) is 4.39 Å². The van der Waals surface area contributed by atoms with E-state index in [1.165, 1.54) is 17.2 Å². The molecule has 23 heavy (non-hydrogen) atoms. The molecular weight excluding hydrogens is 289 g/mol. The molecule has 0 aliphatic carbocycles. The highest BCUT2D eigenvalue weighted by Gasteiger charge is 2.22. The van der Waals surface area contributed by atoms with Gasteiger partial charge < -0.3 is 5.32 Å². The van der Waals surface area contributed by atoms with Crippen LogP contribution in [0.2, 0.25) is 0 Å². The van der Waals surface area contributed by atoms with Crippen LogP contribution < -0.4 is 5.32 Å². The first-order valence-electron chi connectivity index (χ1n) is 7.92. The van der Waals surface area contributed by atoms with Crippen LogP contribution in [0, 0.1) is 5.82 Å². The number of nitrogens with zero attached hydrogens (tertiary/aromatic N) is 2. The Balaban J connectivity index is 1.80. The number of rotatable bonds is 3. The van der Waals surface area contributed by atoms with Crippen LogP contribution in [0.25, 0.3) is 5.69 Å². The standard InChI is InChI=1S/C19H18FN3/c20-16-8-4-5-9-19(16)23-18-10-11-21-13-15(18)17(22-23)12-14-6-2-1-3-7-14/h1-9,21H,10-13H2. The number of fused-ring (bicyclic) bond motifs is 1. The molecule has 4 rings (SSSR count). The van der Waals surface area contributed by atoms with Gasteiger partial charge in [-0.05, 0) is 17.7 Å². The number of aromatic nitrogens is 2. The Morgan fingerprint density at radius 3 is 2.65 bits per heavy atom. The fourth-order valence-electron chi connectivity index (χ4n) is 3.17. The van der Waals surface area contributed by atoms with Gasteiger partial charge in [-0.1, -0.05) is 42.5 Å². The van der Waals surface area contributed by atoms with Gasteiger partial charge in [0.05, 0.1) is 11.4 Å². The van der Waals surface area contributed by atoms with Crippen molar-refractivity contribution in [1.82, 2.24) is 15.1 Å². The molecule has 3 nitrogen and oxygen atoms in total. The molecule has 116 valence electrons. The van der Waals surface area contributed by atoms with Crippen molar-refractivity contribution in [3.05, 3.63) is 82.9 Å². The molecule has 0 radical (unpaired) electrons. The SMILES string of the molecule is Fc1ccccc1-n1nc(Cc2ccccc2)c2c1CCNC2. The number of halogens is 1. The zero-order chi connectivity index (χ0) is 15.6. The van der Waals surface area contributed by atoms with Crippen molar-refractivity contribution in [2.24, 2.45) is 0 Å². The first-order chi connectivity index (χ1) is 11.3. The largest absolute Gasteiger partial charge is 0.312 e. The third-order valence-electron chi connectivity index (χ3n) is 4.31. The summed E-state index contributed by atoms with van der Waals surface area (Å²) in [7, 11) is 0. The minimum atomic E-state index is -0.234. The molecule has 1 N–H and O–H groups in total. The smallest absolute Gasteiger partial charge is 0.148 e. The molecule has 0 bridgehead atoms. The minimum absolute atomic E-state index is 0.234. The van der Waals surface area contributed by atoms with Crippen LogP contribution >= 0.6 is 0 Å². The molecule has 1 aliphatic heterocycles. The van der Waals surface area contributed by atoms with Crippen molar-refractivity contribution in [2.75, 3.05) is 6.54 Å². The summed E-state index contributed by atoms with van der Waals surface area (Å²) in [6.45, 7) is 1.70. The number of benzene rings is 2. The van der Waals surface area contributed by atoms with E-state index in [0.717, 1.165) is 37.3 Å². The van der Waals surface area contributed by atoms with E-state index in [1.807, 2.05) is 24.3 Å². The highest BCUT2D eigenvalue weighted by atomic mass is 19.1. The molecule has 0 spiro atoms. The van der Waals surface area contributed by atoms with Crippen LogP contribution in [0.15, 0.2) is 54.6 Å². The van der Waals surface area contributed by atoms with Gasteiger partial charge in [0.1, 0.15) is 11.5 Å². The molecule has 0 saturated carbocycles. The zero-order valence-electron chi connectivity index (χ0n) is 12.8. The van der Waals surface area contributed by atoms with Crippen LogP contribution in [0.5, 0.6) is 0 Å². The van der Waals surface area contributed by atoms with E-state index < -0.39 is 0 Å². The molecule has 1 aromatic heterocycles. The maximum Gasteiger partial charge on any atom is 0.148 e. The van der Waals surface area contributed by atoms with Crippen LogP contribution in [-0.2, 0) is 19.4 Å². The van der Waals surface area contributed by atoms with Gasteiger partial charge in [-0.25, -0.2) is 9.07 Å². The second-order valence-electron chi connectivity index (χ2n) is 5.82. The second-order valence-corrected chi connectivity index (χ2v) is 5.82. The highest BCUT2D eigenvalue weighted by Crippen LogP contribution is 2.25. The molecule has 4 heteroatoms. The van der Waals surface area contributed by atoms with Crippen molar-refractivity contribution in [2.45, 2.75) is 19.4 Å². The summed E-state index contributed by atoms with van der Waals surface area (Å²) in [5, 5.41) is 8.15. The molecule has 2 aromatic carbocycles. The van der Waals surface area contributed by atoms with E-state index >= 15 is 0 Å². The molecule has 0 atom stereocenters. The maximum absolute atomic E-state index is 14.2. The summed E-state index contributed by atoms with van der Waals surface area (Å²) < 4.78 is 16.0. The van der Waals surface area contributed by atoms with Gasteiger partial charge in [0.2, 0.25) is 0 Å². The molecule has 1 aliphatic rings. The average molecular weight is 307 g/mol. The lowest BCUT2D eigenvalue weighted by Gasteiger charge is -2.16. The Bertz CT molecular complexity index is 824. The summed E-state index contributed by atoms with van der Waals surface area (Å²) in [6, 6.07) is 17.1. The Labute approximate surface area is 134 Å². The maximum atomic E-state index is 14.2. The van der Waals surface area contributed by atoms with E-state index in [4.69, 9.17) is 5.10 Å². The predicted molar refractivity (Wildman–Crippen MR) is 88.2 cm³/mol. The quantitative estimate of drug-likeness (QED) is 0.805. The van der Waals surface area contributed by atoms with Crippen molar-refractivity contribution in [1.29, 1.82) is 0 Å². The van der Waals surface area contributed by atoms with E-state index in [2.05, 4.69) is 17.4 Å². The summed E-state index contributed by atoms with van der Waals surface area (Å²) in [5.74, 6) is -0.234. The van der Waals surface area contributed by atoms with Gasteiger partial charge in [-0.3, -0.25) is 0 Å². The zero-order valence-corrected chi connectivity index (χ0v) is 12.8. The third kappa shape index (κ3) is 2.66. The van der Waals surface area contributed by atoms with Gasteiger partial charge in [0.15, 0.2) is 0 Å². The normalized spacial score (nSPS) is 13.8. The molecule has 0 saturated heterocycles. The Morgan fingerprint density at radius 1 is 1.04 bits per heavy atom. The lowest BCUT2D eigenvalue weighted by molar-refractivity contribution is 0.591. The van der Waals surface area contributed by atoms with Crippen LogP contribution in [-0.4, -0.2) is 16.3 Å². The van der Waals surface area contributed by atoms with Gasteiger partial charge >= 0.3 is 0 Å². The number of nitrogens with one attached hydrogen (secondary N) is 1. The molecular formula is C19H18FN3. The van der Waals surface area contributed by atoms with Crippen molar-refractivity contribution < 1.29 is 4.39 Å². The van der Waals surface area contributed by atoms with Crippen molar-refractivity contribution in [3.8, 4) is 5.69 Å². The highest BCUT2D eigenvalue weighted by molar-refractivity contribution is 5.41. The Morgan fingerprint density at radius 2 is 1.83 bits per heavy atom. The van der Waals surface area contributed by atoms with Crippen LogP contribution in [0.1, 0.15) is 22.5 Å². The van der Waals surface area contributed by atoms with Gasteiger partial charge in [-0.15, -0.1) is 0 Å². The number of para-hydroxylation sites is 1. The molecule has 0 amide bonds. The van der Waals surface area contributed by atoms with Gasteiger partial charge in [0, 0.05) is 31.5 Å². The van der Waals surface area contributed by atoms with Gasteiger partial charge in [-0.2, -0.15) is 5.10 Å². The molecule has 2 heterocycles. The Hall–Kier alpha value is -2.46. The summed E-state index contributed by atoms with van der Waals surface area (Å²) in [4.78, 5) is 0. The Kier molecular flexibility index (Phi) is 3.67. The third-order valence-corrected chi connectivity index (χ3v) is 4.31. The summed E-state index contributed by atoms with van der Waals surface area (Å²) in [6.07, 6.45) is 1.64. The topological polar surface area (TPSA) is 29.9 Å². The fourth-order valence-corrected chi connectivity index (χ4v) is 3.17. The first-order valence-corrected chi connectivity index (χ1v) is 7.92. The number of hydrogen-bond acceptors (Lipinski definition) is 2. The predicted octanol–water partition coefficient (Wildman–Crippen LogP) is 3.25. The minimum Gasteiger partial charge on any atom is -0.312 e. The lowest BCUT2D eigenvalue weighted by atomic mass is 10.0. The fraction of sp³-hybridized carbons (Fsp3) is 0.211. The van der Waals surface area contributed by atoms with Crippen molar-refractivity contribution in [3.63, 3.8) is 0 Å². The van der Waals surface area contributed by atoms with Gasteiger partial charge in [0.25, 0.3) is 0 Å². The van der Waals surface area contributed by atoms with E-state index in [-0.39, 0.29) is 5.82 Å². The summed E-state index contributed by atoms with van der Waals surface area (Å²) >= 11 is 0. The number of hydrogen-bond donors (Lipinski definition) is 1. The second kappa shape index (κ2) is 5.97. The monoisotopic (exact) mass is 307 g/mol. The van der Waals surface area contributed by atoms with E-state index in [1.54, 1.807) is 16.8 Å². The molecule has 0 fully saturated rings. The van der Waals surface area contributed by atoms with Crippen LogP contribution in [0.3, 0.4) is 0 Å². The van der Waals surface area contributed by atoms with Crippen molar-refractivity contribution >= 4 is 0 Å². The van der Waals surface area contributed by atoms with E-state index in [9.17, 15) is 4.39 Å².